The highest BCUT2D eigenvalue weighted by molar-refractivity contribution is 7.98. The van der Waals surface area contributed by atoms with E-state index in [1.54, 1.807) is 18.9 Å². The lowest BCUT2D eigenvalue weighted by atomic mass is 9.61. The molecule has 2 atom stereocenters. The van der Waals surface area contributed by atoms with Gasteiger partial charge in [-0.25, -0.2) is 4.98 Å². The number of hydrogen-bond donors (Lipinski definition) is 2. The minimum atomic E-state index is -0.994. The standard InChI is InChI=1S/C25H29ClN2O2S.H2S/c1-24(2)15-27-12-11-25(24,29)22(16-5-7-18(26)8-6-16)20-14-17-13-19(31-4)9-10-21(17)28-23(20)30-3;/h5-10,13-14,22,27,29H,11-12,15H2,1-4H3;1H2/t22-,25?;/m1./s1. The van der Waals surface area contributed by atoms with Crippen molar-refractivity contribution in [2.45, 2.75) is 36.7 Å². The zero-order chi connectivity index (χ0) is 22.2. The highest BCUT2D eigenvalue weighted by atomic mass is 35.5. The Bertz CT molecular complexity index is 1090. The quantitative estimate of drug-likeness (QED) is 0.455. The van der Waals surface area contributed by atoms with Crippen LogP contribution in [0.4, 0.5) is 0 Å². The number of piperidine rings is 1. The molecular formula is C25H31ClN2O2S2. The summed E-state index contributed by atoms with van der Waals surface area (Å²) in [5.74, 6) is 0.235. The Morgan fingerprint density at radius 3 is 2.50 bits per heavy atom. The third-order valence-corrected chi connectivity index (χ3v) is 7.60. The van der Waals surface area contributed by atoms with Gasteiger partial charge < -0.3 is 15.2 Å². The first-order valence-electron chi connectivity index (χ1n) is 10.5. The molecule has 1 aromatic heterocycles. The van der Waals surface area contributed by atoms with Crippen molar-refractivity contribution in [1.82, 2.24) is 10.3 Å². The molecule has 2 heterocycles. The highest BCUT2D eigenvalue weighted by Gasteiger charge is 2.52. The van der Waals surface area contributed by atoms with Gasteiger partial charge in [-0.3, -0.25) is 0 Å². The molecule has 1 fully saturated rings. The van der Waals surface area contributed by atoms with E-state index < -0.39 is 5.60 Å². The molecule has 2 N–H and O–H groups in total. The second kappa shape index (κ2) is 9.82. The first-order chi connectivity index (χ1) is 14.8. The Morgan fingerprint density at radius 2 is 1.88 bits per heavy atom. The van der Waals surface area contributed by atoms with E-state index in [0.717, 1.165) is 35.1 Å². The third-order valence-electron chi connectivity index (χ3n) is 6.62. The molecular weight excluding hydrogens is 460 g/mol. The van der Waals surface area contributed by atoms with E-state index in [4.69, 9.17) is 21.3 Å². The number of aromatic nitrogens is 1. The maximum Gasteiger partial charge on any atom is 0.217 e. The number of aliphatic hydroxyl groups is 1. The topological polar surface area (TPSA) is 54.4 Å². The number of halogens is 1. The van der Waals surface area contributed by atoms with E-state index >= 15 is 0 Å². The smallest absolute Gasteiger partial charge is 0.217 e. The fourth-order valence-electron chi connectivity index (χ4n) is 4.72. The molecule has 4 nitrogen and oxygen atoms in total. The lowest BCUT2D eigenvalue weighted by molar-refractivity contribution is -0.0998. The molecule has 0 aliphatic carbocycles. The van der Waals surface area contributed by atoms with E-state index in [-0.39, 0.29) is 24.8 Å². The maximum absolute atomic E-state index is 12.3. The Morgan fingerprint density at radius 1 is 1.16 bits per heavy atom. The van der Waals surface area contributed by atoms with Gasteiger partial charge in [-0.2, -0.15) is 13.5 Å². The molecule has 7 heteroatoms. The van der Waals surface area contributed by atoms with Crippen molar-refractivity contribution < 1.29 is 9.84 Å². The molecule has 1 saturated heterocycles. The number of hydrogen-bond acceptors (Lipinski definition) is 5. The molecule has 0 bridgehead atoms. The normalized spacial score (nSPS) is 21.1. The molecule has 1 aliphatic heterocycles. The van der Waals surface area contributed by atoms with Crippen molar-refractivity contribution in [1.29, 1.82) is 0 Å². The summed E-state index contributed by atoms with van der Waals surface area (Å²) in [5.41, 5.74) is 1.42. The first-order valence-corrected chi connectivity index (χ1v) is 12.1. The van der Waals surface area contributed by atoms with Crippen LogP contribution < -0.4 is 10.1 Å². The Hall–Kier alpha value is -1.44. The number of pyridine rings is 1. The Balaban J connectivity index is 0.00000289. The second-order valence-corrected chi connectivity index (χ2v) is 10.2. The maximum atomic E-state index is 12.3. The summed E-state index contributed by atoms with van der Waals surface area (Å²) >= 11 is 7.90. The molecule has 32 heavy (non-hydrogen) atoms. The van der Waals surface area contributed by atoms with Gasteiger partial charge in [-0.05, 0) is 61.2 Å². The number of ether oxygens (including phenoxy) is 1. The molecule has 3 aromatic rings. The minimum Gasteiger partial charge on any atom is -0.481 e. The highest BCUT2D eigenvalue weighted by Crippen LogP contribution is 2.51. The first kappa shape index (κ1) is 25.2. The number of benzene rings is 2. The van der Waals surface area contributed by atoms with Crippen molar-refractivity contribution in [2.24, 2.45) is 5.41 Å². The molecule has 2 aromatic carbocycles. The van der Waals surface area contributed by atoms with Gasteiger partial charge in [0.25, 0.3) is 0 Å². The molecule has 0 spiro atoms. The van der Waals surface area contributed by atoms with Crippen molar-refractivity contribution in [2.75, 3.05) is 26.5 Å². The Kier molecular flexibility index (Phi) is 7.73. The Labute approximate surface area is 206 Å². The van der Waals surface area contributed by atoms with Crippen LogP contribution in [0.5, 0.6) is 5.88 Å². The SMILES string of the molecule is COc1nc2ccc(SC)cc2cc1[C@@H](c1ccc(Cl)cc1)C1(O)CCNCC1(C)C.S. The van der Waals surface area contributed by atoms with E-state index in [1.165, 1.54) is 4.90 Å². The number of nitrogens with one attached hydrogen (secondary N) is 1. The summed E-state index contributed by atoms with van der Waals surface area (Å²) < 4.78 is 5.77. The van der Waals surface area contributed by atoms with Crippen molar-refractivity contribution in [3.8, 4) is 5.88 Å². The fraction of sp³-hybridized carbons (Fsp3) is 0.400. The number of nitrogens with zero attached hydrogens (tertiary/aromatic N) is 1. The number of fused-ring (bicyclic) bond motifs is 1. The van der Waals surface area contributed by atoms with Crippen LogP contribution in [0.15, 0.2) is 53.4 Å². The molecule has 1 unspecified atom stereocenters. The van der Waals surface area contributed by atoms with Crippen molar-refractivity contribution >= 4 is 47.8 Å². The summed E-state index contributed by atoms with van der Waals surface area (Å²) in [5, 5.41) is 17.4. The number of thioether (sulfide) groups is 1. The summed E-state index contributed by atoms with van der Waals surface area (Å²) in [7, 11) is 1.64. The number of rotatable bonds is 5. The van der Waals surface area contributed by atoms with Crippen LogP contribution in [-0.4, -0.2) is 42.1 Å². The average Bonchev–Trinajstić information content (AvgIpc) is 2.76. The van der Waals surface area contributed by atoms with Gasteiger partial charge in [-0.1, -0.05) is 37.6 Å². The molecule has 0 radical (unpaired) electrons. The third kappa shape index (κ3) is 4.48. The fourth-order valence-corrected chi connectivity index (χ4v) is 5.30. The second-order valence-electron chi connectivity index (χ2n) is 8.86. The zero-order valence-corrected chi connectivity index (χ0v) is 21.5. The van der Waals surface area contributed by atoms with E-state index in [2.05, 4.69) is 43.6 Å². The van der Waals surface area contributed by atoms with Gasteiger partial charge in [0.2, 0.25) is 5.88 Å². The summed E-state index contributed by atoms with van der Waals surface area (Å²) in [6, 6.07) is 16.1. The predicted octanol–water partition coefficient (Wildman–Crippen LogP) is 5.61. The van der Waals surface area contributed by atoms with Gasteiger partial charge >= 0.3 is 0 Å². The molecule has 0 saturated carbocycles. The van der Waals surface area contributed by atoms with Gasteiger partial charge in [0, 0.05) is 38.7 Å². The van der Waals surface area contributed by atoms with E-state index in [0.29, 0.717) is 17.3 Å². The van der Waals surface area contributed by atoms with Gasteiger partial charge in [0.1, 0.15) is 0 Å². The van der Waals surface area contributed by atoms with Crippen LogP contribution in [0.1, 0.15) is 37.3 Å². The van der Waals surface area contributed by atoms with Crippen molar-refractivity contribution in [3.05, 3.63) is 64.7 Å². The predicted molar refractivity (Wildman–Crippen MR) is 140 cm³/mol. The van der Waals surface area contributed by atoms with Crippen LogP contribution in [0.2, 0.25) is 5.02 Å². The van der Waals surface area contributed by atoms with E-state index in [9.17, 15) is 5.11 Å². The van der Waals surface area contributed by atoms with Crippen LogP contribution in [0.3, 0.4) is 0 Å². The van der Waals surface area contributed by atoms with Gasteiger partial charge in [0.05, 0.1) is 18.2 Å². The van der Waals surface area contributed by atoms with Crippen LogP contribution >= 0.6 is 36.9 Å². The minimum absolute atomic E-state index is 0. The molecule has 172 valence electrons. The average molecular weight is 491 g/mol. The lowest BCUT2D eigenvalue weighted by Gasteiger charge is -2.51. The molecule has 0 amide bonds. The number of methoxy groups -OCH3 is 1. The molecule has 1 aliphatic rings. The van der Waals surface area contributed by atoms with Crippen LogP contribution in [0.25, 0.3) is 10.9 Å². The van der Waals surface area contributed by atoms with Crippen molar-refractivity contribution in [3.63, 3.8) is 0 Å². The zero-order valence-electron chi connectivity index (χ0n) is 18.9. The largest absolute Gasteiger partial charge is 0.481 e. The van der Waals surface area contributed by atoms with E-state index in [1.807, 2.05) is 30.3 Å². The summed E-state index contributed by atoms with van der Waals surface area (Å²) in [6.07, 6.45) is 2.69. The monoisotopic (exact) mass is 490 g/mol. The summed E-state index contributed by atoms with van der Waals surface area (Å²) in [4.78, 5) is 6.00. The molecule has 4 rings (SSSR count). The van der Waals surface area contributed by atoms with Crippen LogP contribution in [0, 0.1) is 5.41 Å². The lowest BCUT2D eigenvalue weighted by Crippen LogP contribution is -2.59. The van der Waals surface area contributed by atoms with Gasteiger partial charge in [-0.15, -0.1) is 11.8 Å². The van der Waals surface area contributed by atoms with Gasteiger partial charge in [0.15, 0.2) is 0 Å². The van der Waals surface area contributed by atoms with Crippen LogP contribution in [-0.2, 0) is 0 Å². The summed E-state index contributed by atoms with van der Waals surface area (Å²) in [6.45, 7) is 5.72.